The topological polar surface area (TPSA) is 136 Å². The molecular weight excluding hydrogens is 658 g/mol. The monoisotopic (exact) mass is 688 g/mol. The lowest BCUT2D eigenvalue weighted by molar-refractivity contribution is 0.0206. The zero-order valence-corrected chi connectivity index (χ0v) is 27.5. The van der Waals surface area contributed by atoms with Crippen LogP contribution in [-0.2, 0) is 14.8 Å². The summed E-state index contributed by atoms with van der Waals surface area (Å²) in [5.74, 6) is -1.23. The highest BCUT2D eigenvalue weighted by Crippen LogP contribution is 2.39. The van der Waals surface area contributed by atoms with Crippen LogP contribution in [0.3, 0.4) is 0 Å². The van der Waals surface area contributed by atoms with E-state index in [1.54, 1.807) is 35.4 Å². The molecule has 0 radical (unpaired) electrons. The van der Waals surface area contributed by atoms with Gasteiger partial charge in [0.25, 0.3) is 10.0 Å². The number of carbonyl (C=O) groups is 1. The largest absolute Gasteiger partial charge is 0.444 e. The third-order valence-corrected chi connectivity index (χ3v) is 8.89. The van der Waals surface area contributed by atoms with Crippen LogP contribution in [0.2, 0.25) is 10.0 Å². The first-order chi connectivity index (χ1) is 21.8. The standard InChI is InChI=1S/C31H31Cl2FN6O5S/c1-31(2,3)45-30(41)40-17-7-8-19(18-40)37-29-36-16-14-23(38-29)20-9-6-15-35-28(20)44-27-22(33)12-13-24(26(27)34)39-46(42,43)25-11-5-4-10-21(25)32/h4-6,9-16,19,39H,7-8,17-18H2,1-3H3,(H,36,37,38). The Kier molecular flexibility index (Phi) is 9.85. The molecule has 1 atom stereocenters. The lowest BCUT2D eigenvalue weighted by Gasteiger charge is -2.34. The molecule has 242 valence electrons. The van der Waals surface area contributed by atoms with Crippen molar-refractivity contribution in [3.63, 3.8) is 0 Å². The predicted molar refractivity (Wildman–Crippen MR) is 173 cm³/mol. The molecule has 4 aromatic rings. The van der Waals surface area contributed by atoms with Crippen molar-refractivity contribution in [1.29, 1.82) is 0 Å². The summed E-state index contributed by atoms with van der Waals surface area (Å²) in [5.41, 5.74) is -0.201. The van der Waals surface area contributed by atoms with Gasteiger partial charge in [-0.2, -0.15) is 0 Å². The fraction of sp³-hybridized carbons (Fsp3) is 0.290. The number of benzene rings is 2. The van der Waals surface area contributed by atoms with Gasteiger partial charge in [-0.1, -0.05) is 35.3 Å². The molecular formula is C31H31Cl2FN6O5S. The van der Waals surface area contributed by atoms with E-state index in [4.69, 9.17) is 32.7 Å². The Hall–Kier alpha value is -4.20. The average Bonchev–Trinajstić information content (AvgIpc) is 3.00. The SMILES string of the molecule is CC(C)(C)OC(=O)N1CCCC(Nc2nccc(-c3cccnc3Oc3c(Cl)ccc(NS(=O)(=O)c4ccccc4Cl)c3F)n2)C1. The maximum atomic E-state index is 15.7. The number of hydrogen-bond donors (Lipinski definition) is 2. The minimum Gasteiger partial charge on any atom is -0.444 e. The van der Waals surface area contributed by atoms with E-state index in [0.29, 0.717) is 30.3 Å². The first-order valence-corrected chi connectivity index (χ1v) is 16.5. The predicted octanol–water partition coefficient (Wildman–Crippen LogP) is 7.39. The van der Waals surface area contributed by atoms with Crippen molar-refractivity contribution in [3.8, 4) is 22.9 Å². The fourth-order valence-electron chi connectivity index (χ4n) is 4.68. The lowest BCUT2D eigenvalue weighted by Crippen LogP contribution is -2.47. The van der Waals surface area contributed by atoms with Crippen molar-refractivity contribution in [3.05, 3.63) is 82.9 Å². The van der Waals surface area contributed by atoms with Crippen LogP contribution in [0.4, 0.5) is 20.8 Å². The van der Waals surface area contributed by atoms with E-state index in [0.717, 1.165) is 12.8 Å². The Morgan fingerprint density at radius 2 is 1.80 bits per heavy atom. The molecule has 15 heteroatoms. The smallest absolute Gasteiger partial charge is 0.410 e. The van der Waals surface area contributed by atoms with E-state index in [-0.39, 0.29) is 33.0 Å². The maximum Gasteiger partial charge on any atom is 0.410 e. The number of piperidine rings is 1. The van der Waals surface area contributed by atoms with Gasteiger partial charge in [0, 0.05) is 31.5 Å². The van der Waals surface area contributed by atoms with E-state index in [2.05, 4.69) is 25.0 Å². The average molecular weight is 690 g/mol. The van der Waals surface area contributed by atoms with Crippen LogP contribution in [0.1, 0.15) is 33.6 Å². The van der Waals surface area contributed by atoms with Gasteiger partial charge in [-0.3, -0.25) is 4.72 Å². The van der Waals surface area contributed by atoms with Crippen LogP contribution in [0.25, 0.3) is 11.3 Å². The van der Waals surface area contributed by atoms with Crippen LogP contribution in [-0.4, -0.2) is 59.1 Å². The molecule has 0 aliphatic carbocycles. The van der Waals surface area contributed by atoms with Crippen molar-refractivity contribution < 1.29 is 27.1 Å². The summed E-state index contributed by atoms with van der Waals surface area (Å²) in [5, 5.41) is 3.14. The Morgan fingerprint density at radius 1 is 1.02 bits per heavy atom. The maximum absolute atomic E-state index is 15.7. The number of pyridine rings is 1. The molecule has 1 fully saturated rings. The molecule has 2 aromatic carbocycles. The van der Waals surface area contributed by atoms with E-state index >= 15 is 4.39 Å². The minimum absolute atomic E-state index is 0.0264. The van der Waals surface area contributed by atoms with E-state index in [1.807, 2.05) is 20.8 Å². The van der Waals surface area contributed by atoms with Crippen LogP contribution < -0.4 is 14.8 Å². The minimum atomic E-state index is -4.24. The summed E-state index contributed by atoms with van der Waals surface area (Å²) < 4.78 is 55.2. The quantitative estimate of drug-likeness (QED) is 0.194. The van der Waals surface area contributed by atoms with Crippen molar-refractivity contribution >= 4 is 51.0 Å². The summed E-state index contributed by atoms with van der Waals surface area (Å²) >= 11 is 12.4. The molecule has 2 N–H and O–H groups in total. The Labute approximate surface area is 276 Å². The Morgan fingerprint density at radius 3 is 2.57 bits per heavy atom. The van der Waals surface area contributed by atoms with Crippen LogP contribution in [0, 0.1) is 5.82 Å². The fourth-order valence-corrected chi connectivity index (χ4v) is 6.44. The van der Waals surface area contributed by atoms with Crippen molar-refractivity contribution in [1.82, 2.24) is 19.9 Å². The molecule has 46 heavy (non-hydrogen) atoms. The van der Waals surface area contributed by atoms with Crippen molar-refractivity contribution in [2.75, 3.05) is 23.1 Å². The normalized spacial score (nSPS) is 15.3. The lowest BCUT2D eigenvalue weighted by atomic mass is 10.1. The van der Waals surface area contributed by atoms with Crippen molar-refractivity contribution in [2.24, 2.45) is 0 Å². The van der Waals surface area contributed by atoms with Gasteiger partial charge < -0.3 is 19.7 Å². The van der Waals surface area contributed by atoms with Gasteiger partial charge in [0.1, 0.15) is 10.5 Å². The number of anilines is 2. The molecule has 5 rings (SSSR count). The highest BCUT2D eigenvalue weighted by Gasteiger charge is 2.28. The molecule has 1 aliphatic rings. The second-order valence-electron chi connectivity index (χ2n) is 11.4. The number of nitrogens with one attached hydrogen (secondary N) is 2. The molecule has 11 nitrogen and oxygen atoms in total. The zero-order valence-electron chi connectivity index (χ0n) is 25.1. The van der Waals surface area contributed by atoms with Crippen LogP contribution >= 0.6 is 23.2 Å². The number of amides is 1. The number of sulfonamides is 1. The first kappa shape index (κ1) is 33.2. The van der Waals surface area contributed by atoms with Gasteiger partial charge >= 0.3 is 6.09 Å². The number of rotatable bonds is 8. The molecule has 2 aromatic heterocycles. The summed E-state index contributed by atoms with van der Waals surface area (Å²) in [6, 6.07) is 13.1. The molecule has 1 aliphatic heterocycles. The highest BCUT2D eigenvalue weighted by atomic mass is 35.5. The van der Waals surface area contributed by atoms with Gasteiger partial charge in [0.15, 0.2) is 11.6 Å². The van der Waals surface area contributed by atoms with E-state index in [1.165, 1.54) is 36.5 Å². The van der Waals surface area contributed by atoms with Gasteiger partial charge in [-0.25, -0.2) is 32.6 Å². The Balaban J connectivity index is 1.36. The molecule has 0 spiro atoms. The zero-order chi connectivity index (χ0) is 33.1. The number of carbonyl (C=O) groups excluding carboxylic acids is 1. The van der Waals surface area contributed by atoms with Crippen LogP contribution in [0.15, 0.2) is 71.9 Å². The summed E-state index contributed by atoms with van der Waals surface area (Å²) in [4.78, 5) is 27.2. The number of ether oxygens (including phenoxy) is 2. The number of aromatic nitrogens is 3. The molecule has 0 saturated carbocycles. The van der Waals surface area contributed by atoms with Gasteiger partial charge in [-0.05, 0) is 76.1 Å². The summed E-state index contributed by atoms with van der Waals surface area (Å²) in [6.07, 6.45) is 4.19. The van der Waals surface area contributed by atoms with E-state index < -0.39 is 32.9 Å². The number of nitrogens with zero attached hydrogens (tertiary/aromatic N) is 4. The Bertz CT molecular complexity index is 1860. The molecule has 1 amide bonds. The van der Waals surface area contributed by atoms with Gasteiger partial charge in [0.2, 0.25) is 11.8 Å². The molecule has 0 bridgehead atoms. The van der Waals surface area contributed by atoms with Crippen LogP contribution in [0.5, 0.6) is 11.6 Å². The molecule has 3 heterocycles. The van der Waals surface area contributed by atoms with Gasteiger partial charge in [0.05, 0.1) is 27.0 Å². The third-order valence-electron chi connectivity index (χ3n) is 6.73. The number of halogens is 3. The second kappa shape index (κ2) is 13.7. The third kappa shape index (κ3) is 7.95. The number of likely N-dealkylation sites (tertiary alicyclic amines) is 1. The molecule has 1 saturated heterocycles. The van der Waals surface area contributed by atoms with Gasteiger partial charge in [-0.15, -0.1) is 0 Å². The van der Waals surface area contributed by atoms with E-state index in [9.17, 15) is 13.2 Å². The summed E-state index contributed by atoms with van der Waals surface area (Å²) in [7, 11) is -4.24. The second-order valence-corrected chi connectivity index (χ2v) is 13.9. The number of hydrogen-bond acceptors (Lipinski definition) is 9. The molecule has 1 unspecified atom stereocenters. The summed E-state index contributed by atoms with van der Waals surface area (Å²) in [6.45, 7) is 6.47. The highest BCUT2D eigenvalue weighted by molar-refractivity contribution is 7.92. The first-order valence-electron chi connectivity index (χ1n) is 14.3. The van der Waals surface area contributed by atoms with Crippen molar-refractivity contribution in [2.45, 2.75) is 50.2 Å².